The summed E-state index contributed by atoms with van der Waals surface area (Å²) in [5, 5.41) is 0. The van der Waals surface area contributed by atoms with E-state index in [4.69, 9.17) is 0 Å². The van der Waals surface area contributed by atoms with Gasteiger partial charge < -0.3 is 0 Å². The summed E-state index contributed by atoms with van der Waals surface area (Å²) < 4.78 is 0. The highest BCUT2D eigenvalue weighted by molar-refractivity contribution is 5.85. The summed E-state index contributed by atoms with van der Waals surface area (Å²) in [6, 6.07) is 0. The lowest BCUT2D eigenvalue weighted by Crippen LogP contribution is -2.20. The number of benzene rings is 2. The molecule has 0 spiro atoms. The number of hydrogen-bond donors (Lipinski definition) is 0. The molecule has 2 atom stereocenters. The summed E-state index contributed by atoms with van der Waals surface area (Å²) in [5.74, 6) is 1.15. The summed E-state index contributed by atoms with van der Waals surface area (Å²) >= 11 is 0. The Morgan fingerprint density at radius 3 is 0.917 bits per heavy atom. The molecule has 3 rings (SSSR count). The first-order valence-corrected chi connectivity index (χ1v) is 9.32. The topological polar surface area (TPSA) is 0 Å². The van der Waals surface area contributed by atoms with Crippen LogP contribution in [0.1, 0.15) is 81.3 Å². The van der Waals surface area contributed by atoms with Gasteiger partial charge in [0.2, 0.25) is 0 Å². The minimum Gasteiger partial charge on any atom is -0.0578 e. The van der Waals surface area contributed by atoms with Crippen LogP contribution in [0.15, 0.2) is 0 Å². The predicted octanol–water partition coefficient (Wildman–Crippen LogP) is 7.04. The molecule has 2 unspecified atom stereocenters. The summed E-state index contributed by atoms with van der Waals surface area (Å²) in [7, 11) is 0. The number of fused-ring (bicyclic) bond motifs is 3. The molecule has 0 bridgehead atoms. The van der Waals surface area contributed by atoms with Crippen LogP contribution in [0.3, 0.4) is 0 Å². The lowest BCUT2D eigenvalue weighted by atomic mass is 9.66. The molecule has 0 saturated carbocycles. The fraction of sp³-hybridized carbons (Fsp3) is 0.500. The van der Waals surface area contributed by atoms with Crippen molar-refractivity contribution < 1.29 is 0 Å². The summed E-state index contributed by atoms with van der Waals surface area (Å²) in [4.78, 5) is 0. The van der Waals surface area contributed by atoms with E-state index < -0.39 is 0 Å². The van der Waals surface area contributed by atoms with Gasteiger partial charge in [-0.2, -0.15) is 0 Å². The van der Waals surface area contributed by atoms with Gasteiger partial charge in [-0.3, -0.25) is 0 Å². The lowest BCUT2D eigenvalue weighted by molar-refractivity contribution is 0.607. The van der Waals surface area contributed by atoms with Crippen molar-refractivity contribution in [1.82, 2.24) is 0 Å². The fourth-order valence-electron chi connectivity index (χ4n) is 4.97. The number of rotatable bonds is 0. The molecule has 0 radical (unpaired) electrons. The highest BCUT2D eigenvalue weighted by Gasteiger charge is 2.34. The molecule has 0 heteroatoms. The zero-order chi connectivity index (χ0) is 18.1. The first-order valence-electron chi connectivity index (χ1n) is 9.32. The van der Waals surface area contributed by atoms with Gasteiger partial charge >= 0.3 is 0 Å². The SMILES string of the molecule is Cc1c(C)c(C)c2c(c1C)-c1c(C)c(C)c(C)c(C)c1C(C)C2C. The molecular weight excluding hydrogens is 288 g/mol. The third-order valence-corrected chi connectivity index (χ3v) is 7.38. The van der Waals surface area contributed by atoms with E-state index >= 15 is 0 Å². The Hall–Kier alpha value is -1.56. The van der Waals surface area contributed by atoms with Crippen LogP contribution in [0.5, 0.6) is 0 Å². The average Bonchev–Trinajstić information content (AvgIpc) is 2.56. The molecule has 0 aliphatic heterocycles. The van der Waals surface area contributed by atoms with Crippen LogP contribution in [0.2, 0.25) is 0 Å². The minimum atomic E-state index is 0.575. The lowest BCUT2D eigenvalue weighted by Gasteiger charge is -2.38. The van der Waals surface area contributed by atoms with Gasteiger partial charge in [-0.1, -0.05) is 13.8 Å². The summed E-state index contributed by atoms with van der Waals surface area (Å²) in [6.45, 7) is 23.4. The van der Waals surface area contributed by atoms with E-state index in [0.29, 0.717) is 11.8 Å². The van der Waals surface area contributed by atoms with Gasteiger partial charge in [0, 0.05) is 0 Å². The Bertz CT molecular complexity index is 792. The molecule has 0 nitrogen and oxygen atoms in total. The maximum Gasteiger partial charge on any atom is -0.0108 e. The van der Waals surface area contributed by atoms with Crippen molar-refractivity contribution in [3.8, 4) is 11.1 Å². The van der Waals surface area contributed by atoms with Crippen LogP contribution in [0, 0.1) is 55.4 Å². The maximum atomic E-state index is 2.43. The van der Waals surface area contributed by atoms with Crippen molar-refractivity contribution in [2.75, 3.05) is 0 Å². The van der Waals surface area contributed by atoms with Crippen molar-refractivity contribution in [3.63, 3.8) is 0 Å². The van der Waals surface area contributed by atoms with Crippen molar-refractivity contribution in [1.29, 1.82) is 0 Å². The van der Waals surface area contributed by atoms with E-state index in [2.05, 4.69) is 69.2 Å². The molecule has 0 aromatic heterocycles. The van der Waals surface area contributed by atoms with E-state index in [9.17, 15) is 0 Å². The van der Waals surface area contributed by atoms with Crippen LogP contribution in [0.25, 0.3) is 11.1 Å². The monoisotopic (exact) mass is 320 g/mol. The molecule has 0 N–H and O–H groups in total. The van der Waals surface area contributed by atoms with Crippen molar-refractivity contribution in [3.05, 3.63) is 55.6 Å². The zero-order valence-corrected chi connectivity index (χ0v) is 17.2. The van der Waals surface area contributed by atoms with Gasteiger partial charge in [0.15, 0.2) is 0 Å². The van der Waals surface area contributed by atoms with Crippen LogP contribution in [-0.4, -0.2) is 0 Å². The van der Waals surface area contributed by atoms with Crippen molar-refractivity contribution in [2.24, 2.45) is 0 Å². The molecule has 128 valence electrons. The Morgan fingerprint density at radius 2 is 0.625 bits per heavy atom. The van der Waals surface area contributed by atoms with Crippen LogP contribution in [-0.2, 0) is 0 Å². The van der Waals surface area contributed by atoms with Crippen molar-refractivity contribution in [2.45, 2.75) is 81.1 Å². The summed E-state index contributed by atoms with van der Waals surface area (Å²) in [6.07, 6.45) is 0. The van der Waals surface area contributed by atoms with Crippen LogP contribution in [0.4, 0.5) is 0 Å². The first kappa shape index (κ1) is 17.3. The Labute approximate surface area is 148 Å². The first-order chi connectivity index (χ1) is 11.1. The Kier molecular flexibility index (Phi) is 3.94. The molecule has 2 aromatic carbocycles. The van der Waals surface area contributed by atoms with E-state index in [0.717, 1.165) is 0 Å². The highest BCUT2D eigenvalue weighted by Crippen LogP contribution is 2.53. The molecule has 0 heterocycles. The average molecular weight is 321 g/mol. The largest absolute Gasteiger partial charge is 0.0578 e. The highest BCUT2D eigenvalue weighted by atomic mass is 14.4. The van der Waals surface area contributed by atoms with E-state index in [1.54, 1.807) is 22.3 Å². The van der Waals surface area contributed by atoms with E-state index in [1.807, 2.05) is 0 Å². The zero-order valence-electron chi connectivity index (χ0n) is 17.2. The molecule has 0 amide bonds. The molecule has 24 heavy (non-hydrogen) atoms. The Morgan fingerprint density at radius 1 is 0.375 bits per heavy atom. The van der Waals surface area contributed by atoms with E-state index in [-0.39, 0.29) is 0 Å². The molecule has 1 aliphatic rings. The molecule has 0 fully saturated rings. The van der Waals surface area contributed by atoms with Crippen LogP contribution < -0.4 is 0 Å². The Balaban J connectivity index is 2.59. The second kappa shape index (κ2) is 5.48. The third-order valence-electron chi connectivity index (χ3n) is 7.38. The van der Waals surface area contributed by atoms with E-state index in [1.165, 1.54) is 44.5 Å². The molecule has 0 saturated heterocycles. The quantitative estimate of drug-likeness (QED) is 0.488. The predicted molar refractivity (Wildman–Crippen MR) is 107 cm³/mol. The normalized spacial score (nSPS) is 19.2. The fourth-order valence-corrected chi connectivity index (χ4v) is 4.97. The number of hydrogen-bond acceptors (Lipinski definition) is 0. The van der Waals surface area contributed by atoms with Gasteiger partial charge in [-0.25, -0.2) is 0 Å². The molecule has 2 aromatic rings. The van der Waals surface area contributed by atoms with Crippen molar-refractivity contribution >= 4 is 0 Å². The molecular formula is C24H32. The van der Waals surface area contributed by atoms with Gasteiger partial charge in [0.05, 0.1) is 0 Å². The van der Waals surface area contributed by atoms with Crippen LogP contribution >= 0.6 is 0 Å². The summed E-state index contributed by atoms with van der Waals surface area (Å²) in [5.41, 5.74) is 18.2. The van der Waals surface area contributed by atoms with Gasteiger partial charge in [0.25, 0.3) is 0 Å². The standard InChI is InChI=1S/C24H32/c1-11-13(3)17(7)23-21(15(11)5)19(9)20(10)22-16(6)12(2)14(4)18(8)24(22)23/h19-20H,1-10H3. The molecule has 1 aliphatic carbocycles. The second-order valence-electron chi connectivity index (χ2n) is 8.15. The second-order valence-corrected chi connectivity index (χ2v) is 8.15. The van der Waals surface area contributed by atoms with Gasteiger partial charge in [-0.05, 0) is 134 Å². The minimum absolute atomic E-state index is 0.575. The smallest absolute Gasteiger partial charge is 0.0108 e. The third kappa shape index (κ3) is 1.98. The maximum absolute atomic E-state index is 2.43. The van der Waals surface area contributed by atoms with Gasteiger partial charge in [-0.15, -0.1) is 0 Å². The van der Waals surface area contributed by atoms with Gasteiger partial charge in [0.1, 0.15) is 0 Å².